The minimum atomic E-state index is 0.373. The van der Waals surface area contributed by atoms with Gasteiger partial charge in [-0.1, -0.05) is 0 Å². The van der Waals surface area contributed by atoms with Crippen molar-refractivity contribution in [3.8, 4) is 6.07 Å². The molecule has 1 N–H and O–H groups in total. The molecule has 0 atom stereocenters. The molecule has 1 aromatic rings. The maximum atomic E-state index is 8.85. The van der Waals surface area contributed by atoms with Crippen LogP contribution in [0.1, 0.15) is 24.1 Å². The van der Waals surface area contributed by atoms with Gasteiger partial charge in [0.05, 0.1) is 17.7 Å². The van der Waals surface area contributed by atoms with Crippen molar-refractivity contribution >= 4 is 5.82 Å². The lowest BCUT2D eigenvalue weighted by Gasteiger charge is -2.34. The van der Waals surface area contributed by atoms with E-state index < -0.39 is 0 Å². The van der Waals surface area contributed by atoms with Crippen LogP contribution in [0.4, 0.5) is 5.82 Å². The van der Waals surface area contributed by atoms with Crippen molar-refractivity contribution < 1.29 is 4.74 Å². The van der Waals surface area contributed by atoms with Gasteiger partial charge in [-0.05, 0) is 31.9 Å². The quantitative estimate of drug-likeness (QED) is 0.839. The summed E-state index contributed by atoms with van der Waals surface area (Å²) in [6.07, 6.45) is 2.39. The highest BCUT2D eigenvalue weighted by molar-refractivity contribution is 5.45. The first-order valence-corrected chi connectivity index (χ1v) is 5.39. The number of aromatic nitrogens is 1. The number of anilines is 1. The Hall–Kier alpha value is -1.60. The summed E-state index contributed by atoms with van der Waals surface area (Å²) in [5.41, 5.74) is 1.52. The average Bonchev–Trinajstić information content (AvgIpc) is 2.22. The number of methoxy groups -OCH3 is 1. The number of ether oxygens (including phenoxy) is 1. The smallest absolute Gasteiger partial charge is 0.127 e. The minimum Gasteiger partial charge on any atom is -0.381 e. The lowest BCUT2D eigenvalue weighted by Crippen LogP contribution is -2.40. The molecule has 0 amide bonds. The molecule has 1 aliphatic rings. The second kappa shape index (κ2) is 4.50. The van der Waals surface area contributed by atoms with Crippen LogP contribution in [0.2, 0.25) is 0 Å². The number of nitriles is 1. The molecule has 0 radical (unpaired) electrons. The highest BCUT2D eigenvalue weighted by Crippen LogP contribution is 2.25. The second-order valence-electron chi connectivity index (χ2n) is 4.16. The van der Waals surface area contributed by atoms with E-state index in [1.54, 1.807) is 19.2 Å². The first-order chi connectivity index (χ1) is 7.71. The number of nitrogens with one attached hydrogen (secondary N) is 1. The van der Waals surface area contributed by atoms with E-state index in [2.05, 4.69) is 16.4 Å². The Kier molecular flexibility index (Phi) is 3.07. The molecule has 2 rings (SSSR count). The molecule has 4 heteroatoms. The summed E-state index contributed by atoms with van der Waals surface area (Å²) in [5.74, 6) is 0.788. The van der Waals surface area contributed by atoms with Gasteiger partial charge >= 0.3 is 0 Å². The van der Waals surface area contributed by atoms with Gasteiger partial charge in [0.25, 0.3) is 0 Å². The summed E-state index contributed by atoms with van der Waals surface area (Å²) in [5, 5.41) is 12.2. The molecule has 1 saturated carbocycles. The van der Waals surface area contributed by atoms with Crippen molar-refractivity contribution in [2.24, 2.45) is 0 Å². The highest BCUT2D eigenvalue weighted by atomic mass is 16.5. The molecular weight excluding hydrogens is 202 g/mol. The van der Waals surface area contributed by atoms with Crippen molar-refractivity contribution in [1.82, 2.24) is 4.98 Å². The van der Waals surface area contributed by atoms with Gasteiger partial charge in [-0.25, -0.2) is 4.98 Å². The normalized spacial score (nSPS) is 23.3. The molecule has 0 unspecified atom stereocenters. The van der Waals surface area contributed by atoms with Gasteiger partial charge in [0.15, 0.2) is 0 Å². The average molecular weight is 217 g/mol. The summed E-state index contributed by atoms with van der Waals surface area (Å²) in [4.78, 5) is 4.35. The van der Waals surface area contributed by atoms with Crippen LogP contribution in [-0.4, -0.2) is 24.2 Å². The fourth-order valence-corrected chi connectivity index (χ4v) is 1.89. The third-order valence-corrected chi connectivity index (χ3v) is 2.86. The second-order valence-corrected chi connectivity index (χ2v) is 4.16. The van der Waals surface area contributed by atoms with Gasteiger partial charge in [0.1, 0.15) is 5.82 Å². The van der Waals surface area contributed by atoms with E-state index in [1.165, 1.54) is 0 Å². The van der Waals surface area contributed by atoms with Crippen LogP contribution in [0.25, 0.3) is 0 Å². The Morgan fingerprint density at radius 2 is 2.25 bits per heavy atom. The first-order valence-electron chi connectivity index (χ1n) is 5.39. The van der Waals surface area contributed by atoms with E-state index in [-0.39, 0.29) is 0 Å². The highest BCUT2D eigenvalue weighted by Gasteiger charge is 2.28. The van der Waals surface area contributed by atoms with Crippen LogP contribution in [0, 0.1) is 18.3 Å². The zero-order chi connectivity index (χ0) is 11.5. The predicted molar refractivity (Wildman–Crippen MR) is 61.1 cm³/mol. The molecule has 0 saturated heterocycles. The largest absolute Gasteiger partial charge is 0.381 e. The van der Waals surface area contributed by atoms with Gasteiger partial charge in [-0.3, -0.25) is 0 Å². The van der Waals surface area contributed by atoms with Crippen molar-refractivity contribution in [2.45, 2.75) is 31.9 Å². The van der Waals surface area contributed by atoms with Crippen LogP contribution in [-0.2, 0) is 4.74 Å². The monoisotopic (exact) mass is 217 g/mol. The number of hydrogen-bond acceptors (Lipinski definition) is 4. The summed E-state index contributed by atoms with van der Waals surface area (Å²) >= 11 is 0. The lowest BCUT2D eigenvalue weighted by molar-refractivity contribution is 0.0328. The summed E-state index contributed by atoms with van der Waals surface area (Å²) in [6, 6.07) is 6.12. The predicted octanol–water partition coefficient (Wildman–Crippen LogP) is 1.85. The van der Waals surface area contributed by atoms with Crippen molar-refractivity contribution in [1.29, 1.82) is 5.26 Å². The Bertz CT molecular complexity index is 419. The Balaban J connectivity index is 2.00. The zero-order valence-electron chi connectivity index (χ0n) is 9.53. The third-order valence-electron chi connectivity index (χ3n) is 2.86. The molecular formula is C12H15N3O. The molecule has 0 bridgehead atoms. The molecule has 0 aromatic carbocycles. The van der Waals surface area contributed by atoms with E-state index in [1.807, 2.05) is 6.92 Å². The van der Waals surface area contributed by atoms with Crippen LogP contribution in [0.15, 0.2) is 12.1 Å². The number of hydrogen-bond donors (Lipinski definition) is 1. The molecule has 84 valence electrons. The molecule has 16 heavy (non-hydrogen) atoms. The maximum absolute atomic E-state index is 8.85. The maximum Gasteiger partial charge on any atom is 0.127 e. The van der Waals surface area contributed by atoms with Gasteiger partial charge < -0.3 is 10.1 Å². The van der Waals surface area contributed by atoms with Gasteiger partial charge in [0, 0.05) is 18.8 Å². The van der Waals surface area contributed by atoms with Crippen molar-refractivity contribution in [3.05, 3.63) is 23.4 Å². The van der Waals surface area contributed by atoms with Crippen LogP contribution in [0.3, 0.4) is 0 Å². The molecule has 0 spiro atoms. The van der Waals surface area contributed by atoms with Crippen molar-refractivity contribution in [2.75, 3.05) is 12.4 Å². The SMILES string of the molecule is COC1CC(Nc2cc(C#N)cc(C)n2)C1. The van der Waals surface area contributed by atoms with E-state index >= 15 is 0 Å². The fourth-order valence-electron chi connectivity index (χ4n) is 1.89. The van der Waals surface area contributed by atoms with Gasteiger partial charge in [-0.15, -0.1) is 0 Å². The summed E-state index contributed by atoms with van der Waals surface area (Å²) in [6.45, 7) is 1.89. The third kappa shape index (κ3) is 2.31. The number of aryl methyl sites for hydroxylation is 1. The fraction of sp³-hybridized carbons (Fsp3) is 0.500. The van der Waals surface area contributed by atoms with Crippen LogP contribution in [0.5, 0.6) is 0 Å². The molecule has 0 aliphatic heterocycles. The van der Waals surface area contributed by atoms with E-state index in [4.69, 9.17) is 10.00 Å². The van der Waals surface area contributed by atoms with E-state index in [0.29, 0.717) is 17.7 Å². The standard InChI is InChI=1S/C12H15N3O/c1-8-3-9(7-13)4-12(14-8)15-10-5-11(6-10)16-2/h3-4,10-11H,5-6H2,1-2H3,(H,14,15). The van der Waals surface area contributed by atoms with E-state index in [0.717, 1.165) is 24.4 Å². The molecule has 1 fully saturated rings. The zero-order valence-corrected chi connectivity index (χ0v) is 9.53. The van der Waals surface area contributed by atoms with Crippen LogP contribution >= 0.6 is 0 Å². The van der Waals surface area contributed by atoms with Gasteiger partial charge in [0.2, 0.25) is 0 Å². The Labute approximate surface area is 95.3 Å². The molecule has 1 aliphatic carbocycles. The minimum absolute atomic E-state index is 0.373. The molecule has 1 aromatic heterocycles. The van der Waals surface area contributed by atoms with Gasteiger partial charge in [-0.2, -0.15) is 5.26 Å². The number of pyridine rings is 1. The molecule has 1 heterocycles. The summed E-state index contributed by atoms with van der Waals surface area (Å²) in [7, 11) is 1.74. The van der Waals surface area contributed by atoms with Crippen molar-refractivity contribution in [3.63, 3.8) is 0 Å². The Morgan fingerprint density at radius 1 is 1.50 bits per heavy atom. The van der Waals surface area contributed by atoms with E-state index in [9.17, 15) is 0 Å². The summed E-state index contributed by atoms with van der Waals surface area (Å²) < 4.78 is 5.21. The Morgan fingerprint density at radius 3 is 2.88 bits per heavy atom. The molecule has 4 nitrogen and oxygen atoms in total. The number of rotatable bonds is 3. The lowest BCUT2D eigenvalue weighted by atomic mass is 9.89. The van der Waals surface area contributed by atoms with Crippen LogP contribution < -0.4 is 5.32 Å². The first kappa shape index (κ1) is 10.9. The topological polar surface area (TPSA) is 57.9 Å². The number of nitrogens with zero attached hydrogens (tertiary/aromatic N) is 2.